The van der Waals surface area contributed by atoms with Gasteiger partial charge in [-0.15, -0.1) is 0 Å². The average molecular weight is 724 g/mol. The standard InChI is InChI=1S/C37H43F2N5O8/c1-23-33(46)40-16-19-51-25-8-10-26(11-9-25)52-37(14-17-44(18-15-37)21-27-31(50-2)13-12-28(38)32(27)39)36(49)43-29(20-24-6-4-3-5-7-24)34(47)42-30(22-45)35(48)41-23/h3-13,23,29-30,45H,14-22H2,1-2H3,(H,40,46)(H,41,48)(H,42,47)(H,43,49)/t23-,29+,30-/m0/s1. The van der Waals surface area contributed by atoms with Crippen molar-refractivity contribution in [2.45, 2.75) is 56.5 Å². The first-order valence-corrected chi connectivity index (χ1v) is 17.0. The van der Waals surface area contributed by atoms with E-state index in [1.807, 2.05) is 4.90 Å². The molecule has 3 aromatic carbocycles. The number of piperidine rings is 1. The van der Waals surface area contributed by atoms with E-state index >= 15 is 0 Å². The maximum atomic E-state index is 14.9. The normalized spacial score (nSPS) is 21.9. The predicted molar refractivity (Wildman–Crippen MR) is 184 cm³/mol. The van der Waals surface area contributed by atoms with E-state index in [-0.39, 0.29) is 63.4 Å². The minimum absolute atomic E-state index is 0.0131. The highest BCUT2D eigenvalue weighted by Gasteiger charge is 2.45. The van der Waals surface area contributed by atoms with Crippen LogP contribution in [0.1, 0.15) is 30.9 Å². The number of rotatable bonds is 6. The van der Waals surface area contributed by atoms with Crippen molar-refractivity contribution in [2.75, 3.05) is 40.0 Å². The molecule has 3 aliphatic heterocycles. The van der Waals surface area contributed by atoms with Crippen LogP contribution in [0, 0.1) is 11.6 Å². The molecule has 3 aliphatic rings. The fraction of sp³-hybridized carbons (Fsp3) is 0.405. The minimum Gasteiger partial charge on any atom is -0.496 e. The average Bonchev–Trinajstić information content (AvgIpc) is 3.15. The number of amides is 4. The summed E-state index contributed by atoms with van der Waals surface area (Å²) in [5.41, 5.74) is -0.752. The molecule has 5 N–H and O–H groups in total. The first-order valence-electron chi connectivity index (χ1n) is 17.0. The van der Waals surface area contributed by atoms with Crippen molar-refractivity contribution >= 4 is 23.6 Å². The first kappa shape index (κ1) is 38.0. The second-order valence-electron chi connectivity index (χ2n) is 12.7. The van der Waals surface area contributed by atoms with Crippen LogP contribution in [0.4, 0.5) is 8.78 Å². The fourth-order valence-corrected chi connectivity index (χ4v) is 6.11. The predicted octanol–water partition coefficient (Wildman–Crippen LogP) is 1.60. The summed E-state index contributed by atoms with van der Waals surface area (Å²) in [5.74, 6) is -3.66. The highest BCUT2D eigenvalue weighted by atomic mass is 19.2. The molecule has 2 bridgehead atoms. The Balaban J connectivity index is 1.45. The zero-order valence-electron chi connectivity index (χ0n) is 29.0. The Bertz CT molecular complexity index is 1720. The smallest absolute Gasteiger partial charge is 0.264 e. The van der Waals surface area contributed by atoms with Crippen molar-refractivity contribution in [1.82, 2.24) is 26.2 Å². The molecule has 6 rings (SSSR count). The SMILES string of the molecule is COc1ccc(F)c(F)c1CN1CCC2(CC1)Oc1ccc(cc1)OCCNC(=O)[C@H](C)NC(=O)[C@H](CO)NC(=O)[C@@H](Cc1ccccc1)NC2=O. The van der Waals surface area contributed by atoms with Crippen LogP contribution in [0.2, 0.25) is 0 Å². The number of hydrogen-bond acceptors (Lipinski definition) is 9. The quantitative estimate of drug-likeness (QED) is 0.238. The van der Waals surface area contributed by atoms with Gasteiger partial charge in [0.15, 0.2) is 17.2 Å². The van der Waals surface area contributed by atoms with E-state index in [4.69, 9.17) is 14.2 Å². The Hall–Kier alpha value is -5.28. The third-order valence-corrected chi connectivity index (χ3v) is 9.11. The third kappa shape index (κ3) is 9.33. The van der Waals surface area contributed by atoms with Gasteiger partial charge in [0.2, 0.25) is 17.7 Å². The summed E-state index contributed by atoms with van der Waals surface area (Å²) in [5, 5.41) is 20.6. The number of methoxy groups -OCH3 is 1. The van der Waals surface area contributed by atoms with Gasteiger partial charge in [-0.05, 0) is 48.9 Å². The van der Waals surface area contributed by atoms with Gasteiger partial charge in [0.05, 0.1) is 20.3 Å². The van der Waals surface area contributed by atoms with Gasteiger partial charge >= 0.3 is 0 Å². The van der Waals surface area contributed by atoms with Gasteiger partial charge in [0.25, 0.3) is 5.91 Å². The van der Waals surface area contributed by atoms with Gasteiger partial charge in [-0.2, -0.15) is 0 Å². The molecule has 3 atom stereocenters. The van der Waals surface area contributed by atoms with Crippen molar-refractivity contribution in [3.05, 3.63) is 89.5 Å². The van der Waals surface area contributed by atoms with Crippen LogP contribution in [0.15, 0.2) is 66.7 Å². The lowest BCUT2D eigenvalue weighted by molar-refractivity contribution is -0.144. The van der Waals surface area contributed by atoms with Crippen molar-refractivity contribution in [2.24, 2.45) is 0 Å². The molecular weight excluding hydrogens is 680 g/mol. The van der Waals surface area contributed by atoms with Crippen molar-refractivity contribution < 1.29 is 47.3 Å². The molecule has 3 aromatic rings. The van der Waals surface area contributed by atoms with Crippen LogP contribution in [-0.4, -0.2) is 97.3 Å². The molecule has 15 heteroatoms. The summed E-state index contributed by atoms with van der Waals surface area (Å²) in [4.78, 5) is 55.7. The summed E-state index contributed by atoms with van der Waals surface area (Å²) in [6.07, 6.45) is 0.244. The van der Waals surface area contributed by atoms with Gasteiger partial charge in [-0.25, -0.2) is 8.78 Å². The highest BCUT2D eigenvalue weighted by molar-refractivity contribution is 5.95. The van der Waals surface area contributed by atoms with Crippen molar-refractivity contribution in [3.8, 4) is 17.2 Å². The van der Waals surface area contributed by atoms with Gasteiger partial charge in [0, 0.05) is 44.5 Å². The maximum absolute atomic E-state index is 14.9. The summed E-state index contributed by atoms with van der Waals surface area (Å²) < 4.78 is 46.5. The van der Waals surface area contributed by atoms with E-state index in [1.54, 1.807) is 54.6 Å². The number of fused-ring (bicyclic) bond motifs is 15. The Morgan fingerprint density at radius 2 is 1.54 bits per heavy atom. The molecule has 1 fully saturated rings. The summed E-state index contributed by atoms with van der Waals surface area (Å²) in [6, 6.07) is 14.2. The lowest BCUT2D eigenvalue weighted by Crippen LogP contribution is -2.62. The lowest BCUT2D eigenvalue weighted by Gasteiger charge is -2.41. The molecule has 0 saturated carbocycles. The number of aliphatic hydroxyl groups is 1. The van der Waals surface area contributed by atoms with E-state index in [0.29, 0.717) is 17.1 Å². The number of halogens is 2. The van der Waals surface area contributed by atoms with E-state index < -0.39 is 65.6 Å². The Morgan fingerprint density at radius 3 is 2.21 bits per heavy atom. The van der Waals surface area contributed by atoms with Crippen LogP contribution in [0.5, 0.6) is 17.2 Å². The number of nitrogens with zero attached hydrogens (tertiary/aromatic N) is 1. The molecule has 13 nitrogen and oxygen atoms in total. The second kappa shape index (κ2) is 17.3. The Morgan fingerprint density at radius 1 is 0.865 bits per heavy atom. The summed E-state index contributed by atoms with van der Waals surface area (Å²) in [7, 11) is 1.37. The third-order valence-electron chi connectivity index (χ3n) is 9.11. The van der Waals surface area contributed by atoms with Crippen LogP contribution in [0.25, 0.3) is 0 Å². The van der Waals surface area contributed by atoms with Crippen LogP contribution >= 0.6 is 0 Å². The van der Waals surface area contributed by atoms with E-state index in [2.05, 4.69) is 21.3 Å². The van der Waals surface area contributed by atoms with E-state index in [9.17, 15) is 33.1 Å². The molecular formula is C37H43F2N5O8. The zero-order valence-corrected chi connectivity index (χ0v) is 29.0. The van der Waals surface area contributed by atoms with E-state index in [0.717, 1.165) is 6.07 Å². The molecule has 0 aromatic heterocycles. The van der Waals surface area contributed by atoms with Crippen LogP contribution < -0.4 is 35.5 Å². The zero-order chi connectivity index (χ0) is 37.3. The van der Waals surface area contributed by atoms with E-state index in [1.165, 1.54) is 20.1 Å². The fourth-order valence-electron chi connectivity index (χ4n) is 6.11. The maximum Gasteiger partial charge on any atom is 0.264 e. The molecule has 0 radical (unpaired) electrons. The van der Waals surface area contributed by atoms with Crippen molar-refractivity contribution in [3.63, 3.8) is 0 Å². The first-order chi connectivity index (χ1) is 25.0. The largest absolute Gasteiger partial charge is 0.496 e. The molecule has 1 saturated heterocycles. The number of ether oxygens (including phenoxy) is 3. The molecule has 1 spiro atoms. The number of hydrogen-bond donors (Lipinski definition) is 5. The number of carbonyl (C=O) groups is 4. The van der Waals surface area contributed by atoms with Gasteiger partial charge in [-0.3, -0.25) is 24.1 Å². The lowest BCUT2D eigenvalue weighted by atomic mass is 9.88. The van der Waals surface area contributed by atoms with Gasteiger partial charge in [-0.1, -0.05) is 30.3 Å². The molecule has 3 heterocycles. The minimum atomic E-state index is -1.51. The molecule has 278 valence electrons. The molecule has 0 unspecified atom stereocenters. The number of likely N-dealkylation sites (tertiary alicyclic amines) is 1. The summed E-state index contributed by atoms with van der Waals surface area (Å²) >= 11 is 0. The Kier molecular flexibility index (Phi) is 12.6. The molecule has 52 heavy (non-hydrogen) atoms. The van der Waals surface area contributed by atoms with Crippen LogP contribution in [0.3, 0.4) is 0 Å². The Labute approximate surface area is 300 Å². The number of aliphatic hydroxyl groups excluding tert-OH is 1. The molecule has 0 aliphatic carbocycles. The topological polar surface area (TPSA) is 168 Å². The monoisotopic (exact) mass is 723 g/mol. The number of nitrogens with one attached hydrogen (secondary N) is 4. The van der Waals surface area contributed by atoms with Gasteiger partial charge in [0.1, 0.15) is 42.0 Å². The summed E-state index contributed by atoms with van der Waals surface area (Å²) in [6.45, 7) is 1.41. The van der Waals surface area contributed by atoms with Crippen molar-refractivity contribution in [1.29, 1.82) is 0 Å². The van der Waals surface area contributed by atoms with Crippen LogP contribution in [-0.2, 0) is 32.1 Å². The van der Waals surface area contributed by atoms with Gasteiger partial charge < -0.3 is 40.6 Å². The number of benzene rings is 3. The highest BCUT2D eigenvalue weighted by Crippen LogP contribution is 2.33. The second-order valence-corrected chi connectivity index (χ2v) is 12.7. The number of carbonyl (C=O) groups excluding carboxylic acids is 4. The molecule has 4 amide bonds.